The molecule has 0 radical (unpaired) electrons. The lowest BCUT2D eigenvalue weighted by Crippen LogP contribution is -2.15. The summed E-state index contributed by atoms with van der Waals surface area (Å²) < 4.78 is 28.9. The molecule has 23 heavy (non-hydrogen) atoms. The smallest absolute Gasteiger partial charge is 0.236 e. The third-order valence-electron chi connectivity index (χ3n) is 3.19. The molecule has 7 heteroatoms. The lowest BCUT2D eigenvalue weighted by atomic mass is 10.2. The number of hydrogen-bond acceptors (Lipinski definition) is 3. The van der Waals surface area contributed by atoms with Gasteiger partial charge in [-0.2, -0.15) is 5.10 Å². The molecule has 0 saturated heterocycles. The summed E-state index contributed by atoms with van der Waals surface area (Å²) in [6, 6.07) is 15.7. The Balaban J connectivity index is 1.81. The largest absolute Gasteiger partial charge is 0.283 e. The van der Waals surface area contributed by atoms with Crippen molar-refractivity contribution in [2.24, 2.45) is 0 Å². The molecule has 0 saturated carbocycles. The van der Waals surface area contributed by atoms with Crippen LogP contribution in [-0.2, 0) is 15.8 Å². The number of sulfonamides is 1. The summed E-state index contributed by atoms with van der Waals surface area (Å²) in [5.41, 5.74) is 1.81. The Kier molecular flexibility index (Phi) is 4.36. The molecule has 1 N–H and O–H groups in total. The number of benzene rings is 2. The number of hydrogen-bond donors (Lipinski definition) is 1. The molecule has 3 aromatic rings. The molecule has 0 aliphatic carbocycles. The fourth-order valence-corrected chi connectivity index (χ4v) is 3.67. The second kappa shape index (κ2) is 6.44. The molecule has 118 valence electrons. The maximum Gasteiger partial charge on any atom is 0.236 e. The van der Waals surface area contributed by atoms with Gasteiger partial charge in [-0.25, -0.2) is 13.1 Å². The van der Waals surface area contributed by atoms with E-state index in [1.54, 1.807) is 65.6 Å². The second-order valence-electron chi connectivity index (χ2n) is 4.95. The van der Waals surface area contributed by atoms with Crippen LogP contribution in [0.3, 0.4) is 0 Å². The molecule has 0 fully saturated rings. The average Bonchev–Trinajstić information content (AvgIpc) is 3.03. The monoisotopic (exact) mass is 347 g/mol. The maximum absolute atomic E-state index is 12.3. The summed E-state index contributed by atoms with van der Waals surface area (Å²) in [5.74, 6) is -0.182. The first-order valence-electron chi connectivity index (χ1n) is 6.87. The molecule has 1 aromatic heterocycles. The van der Waals surface area contributed by atoms with Crippen molar-refractivity contribution in [1.29, 1.82) is 0 Å². The van der Waals surface area contributed by atoms with Gasteiger partial charge in [0.25, 0.3) is 0 Å². The molecule has 0 spiro atoms. The van der Waals surface area contributed by atoms with E-state index in [2.05, 4.69) is 9.82 Å². The number of aromatic nitrogens is 2. The molecule has 3 rings (SSSR count). The second-order valence-corrected chi connectivity index (χ2v) is 7.08. The number of nitrogens with one attached hydrogen (secondary N) is 1. The van der Waals surface area contributed by atoms with E-state index >= 15 is 0 Å². The molecular weight excluding hydrogens is 334 g/mol. The van der Waals surface area contributed by atoms with E-state index in [1.807, 2.05) is 6.07 Å². The highest BCUT2D eigenvalue weighted by atomic mass is 35.5. The van der Waals surface area contributed by atoms with Gasteiger partial charge in [0, 0.05) is 17.4 Å². The zero-order valence-electron chi connectivity index (χ0n) is 12.1. The van der Waals surface area contributed by atoms with Crippen molar-refractivity contribution in [1.82, 2.24) is 9.78 Å². The van der Waals surface area contributed by atoms with Gasteiger partial charge >= 0.3 is 0 Å². The first kappa shape index (κ1) is 15.6. The van der Waals surface area contributed by atoms with E-state index < -0.39 is 10.0 Å². The third-order valence-corrected chi connectivity index (χ3v) is 4.80. The van der Waals surface area contributed by atoms with Crippen LogP contribution in [0.25, 0.3) is 5.69 Å². The van der Waals surface area contributed by atoms with E-state index in [4.69, 9.17) is 11.6 Å². The lowest BCUT2D eigenvalue weighted by molar-refractivity contribution is 0.600. The highest BCUT2D eigenvalue weighted by molar-refractivity contribution is 7.91. The van der Waals surface area contributed by atoms with Crippen molar-refractivity contribution < 1.29 is 8.42 Å². The molecule has 0 amide bonds. The first-order valence-corrected chi connectivity index (χ1v) is 8.90. The minimum atomic E-state index is -3.56. The quantitative estimate of drug-likeness (QED) is 0.768. The van der Waals surface area contributed by atoms with Crippen LogP contribution in [0.1, 0.15) is 5.56 Å². The Labute approximate surface area is 139 Å². The minimum Gasteiger partial charge on any atom is -0.283 e. The summed E-state index contributed by atoms with van der Waals surface area (Å²) in [6.45, 7) is 0. The zero-order valence-corrected chi connectivity index (χ0v) is 13.6. The zero-order chi connectivity index (χ0) is 16.3. The van der Waals surface area contributed by atoms with Gasteiger partial charge in [0.1, 0.15) is 0 Å². The summed E-state index contributed by atoms with van der Waals surface area (Å²) in [4.78, 5) is 0. The van der Waals surface area contributed by atoms with Crippen LogP contribution in [0.2, 0.25) is 5.02 Å². The van der Waals surface area contributed by atoms with E-state index in [0.29, 0.717) is 16.3 Å². The number of rotatable bonds is 5. The molecular formula is C16H14ClN3O2S. The molecule has 0 unspecified atom stereocenters. The van der Waals surface area contributed by atoms with E-state index in [0.717, 1.165) is 5.69 Å². The fraction of sp³-hybridized carbons (Fsp3) is 0.0625. The van der Waals surface area contributed by atoms with Crippen molar-refractivity contribution in [2.45, 2.75) is 5.75 Å². The van der Waals surface area contributed by atoms with Crippen LogP contribution < -0.4 is 4.72 Å². The summed E-state index contributed by atoms with van der Waals surface area (Å²) in [6.07, 6.45) is 3.45. The van der Waals surface area contributed by atoms with Crippen molar-refractivity contribution >= 4 is 27.3 Å². The summed E-state index contributed by atoms with van der Waals surface area (Å²) >= 11 is 6.02. The highest BCUT2D eigenvalue weighted by Crippen LogP contribution is 2.20. The topological polar surface area (TPSA) is 64.0 Å². The van der Waals surface area contributed by atoms with Gasteiger partial charge in [-0.15, -0.1) is 0 Å². The van der Waals surface area contributed by atoms with E-state index in [1.165, 1.54) is 0 Å². The Hall–Kier alpha value is -2.31. The van der Waals surface area contributed by atoms with Gasteiger partial charge in [-0.05, 0) is 35.9 Å². The molecule has 5 nitrogen and oxygen atoms in total. The Morgan fingerprint density at radius 3 is 2.65 bits per heavy atom. The number of nitrogens with zero attached hydrogens (tertiary/aromatic N) is 2. The van der Waals surface area contributed by atoms with Crippen LogP contribution in [0, 0.1) is 0 Å². The molecule has 1 heterocycles. The normalized spacial score (nSPS) is 11.3. The van der Waals surface area contributed by atoms with Gasteiger partial charge in [0.2, 0.25) is 10.0 Å². The fourth-order valence-electron chi connectivity index (χ4n) is 2.17. The molecule has 0 aliphatic rings. The van der Waals surface area contributed by atoms with Gasteiger partial charge in [0.15, 0.2) is 0 Å². The lowest BCUT2D eigenvalue weighted by Gasteiger charge is -2.10. The van der Waals surface area contributed by atoms with Crippen molar-refractivity contribution in [3.05, 3.63) is 77.6 Å². The van der Waals surface area contributed by atoms with Crippen LogP contribution in [0.5, 0.6) is 0 Å². The average molecular weight is 348 g/mol. The van der Waals surface area contributed by atoms with Crippen LogP contribution >= 0.6 is 11.6 Å². The van der Waals surface area contributed by atoms with Crippen LogP contribution in [0.4, 0.5) is 5.69 Å². The molecule has 0 bridgehead atoms. The maximum atomic E-state index is 12.3. The highest BCUT2D eigenvalue weighted by Gasteiger charge is 2.14. The van der Waals surface area contributed by atoms with E-state index in [-0.39, 0.29) is 5.75 Å². The molecule has 2 aromatic carbocycles. The standard InChI is InChI=1S/C16H14ClN3O2S/c17-16-8-2-1-5-13(16)12-23(21,22)19-14-6-3-7-15(11-14)20-10-4-9-18-20/h1-11,19H,12H2. The van der Waals surface area contributed by atoms with E-state index in [9.17, 15) is 8.42 Å². The van der Waals surface area contributed by atoms with Gasteiger partial charge in [0.05, 0.1) is 17.1 Å². The Morgan fingerprint density at radius 2 is 1.91 bits per heavy atom. The summed E-state index contributed by atoms with van der Waals surface area (Å²) in [7, 11) is -3.56. The number of anilines is 1. The molecule has 0 aliphatic heterocycles. The number of halogens is 1. The predicted octanol–water partition coefficient (Wildman–Crippen LogP) is 3.47. The van der Waals surface area contributed by atoms with Crippen molar-refractivity contribution in [3.63, 3.8) is 0 Å². The van der Waals surface area contributed by atoms with Crippen LogP contribution in [0.15, 0.2) is 67.0 Å². The van der Waals surface area contributed by atoms with Crippen LogP contribution in [-0.4, -0.2) is 18.2 Å². The van der Waals surface area contributed by atoms with Crippen molar-refractivity contribution in [2.75, 3.05) is 4.72 Å². The minimum absolute atomic E-state index is 0.182. The van der Waals surface area contributed by atoms with Gasteiger partial charge < -0.3 is 0 Å². The Morgan fingerprint density at radius 1 is 1.09 bits per heavy atom. The van der Waals surface area contributed by atoms with Gasteiger partial charge in [-0.1, -0.05) is 35.9 Å². The molecule has 0 atom stereocenters. The summed E-state index contributed by atoms with van der Waals surface area (Å²) in [5, 5.41) is 4.56. The van der Waals surface area contributed by atoms with Gasteiger partial charge in [-0.3, -0.25) is 4.72 Å². The van der Waals surface area contributed by atoms with Crippen molar-refractivity contribution in [3.8, 4) is 5.69 Å². The Bertz CT molecular complexity index is 909. The SMILES string of the molecule is O=S(=O)(Cc1ccccc1Cl)Nc1cccc(-n2cccn2)c1. The predicted molar refractivity (Wildman–Crippen MR) is 91.3 cm³/mol. The first-order chi connectivity index (χ1) is 11.0. The third kappa shape index (κ3) is 3.91.